The second-order valence-corrected chi connectivity index (χ2v) is 3.77. The molecule has 0 saturated carbocycles. The topological polar surface area (TPSA) is 40.5 Å². The van der Waals surface area contributed by atoms with Crippen molar-refractivity contribution < 1.29 is 14.3 Å². The minimum absolute atomic E-state index is 0.516. The summed E-state index contributed by atoms with van der Waals surface area (Å²) in [5.74, 6) is 1.59. The van der Waals surface area contributed by atoms with Crippen molar-refractivity contribution in [3.05, 3.63) is 48.3 Å². The number of methoxy groups -OCH3 is 1. The SMILES string of the molecule is COc1ccc(OCCn2cccc2C=O)cc1. The van der Waals surface area contributed by atoms with Crippen LogP contribution in [0.4, 0.5) is 0 Å². The van der Waals surface area contributed by atoms with E-state index in [2.05, 4.69) is 0 Å². The average Bonchev–Trinajstić information content (AvgIpc) is 2.87. The van der Waals surface area contributed by atoms with Crippen LogP contribution in [0, 0.1) is 0 Å². The summed E-state index contributed by atoms with van der Waals surface area (Å²) in [5, 5.41) is 0. The fourth-order valence-electron chi connectivity index (χ4n) is 1.67. The number of hydrogen-bond acceptors (Lipinski definition) is 3. The average molecular weight is 245 g/mol. The Balaban J connectivity index is 1.86. The van der Waals surface area contributed by atoms with Crippen molar-refractivity contribution in [2.24, 2.45) is 0 Å². The Hall–Kier alpha value is -2.23. The first-order chi connectivity index (χ1) is 8.83. The molecular weight excluding hydrogens is 230 g/mol. The molecule has 0 N–H and O–H groups in total. The number of aromatic nitrogens is 1. The Bertz CT molecular complexity index is 502. The summed E-state index contributed by atoms with van der Waals surface area (Å²) in [5.41, 5.74) is 0.660. The third-order valence-corrected chi connectivity index (χ3v) is 2.65. The van der Waals surface area contributed by atoms with Gasteiger partial charge in [0.25, 0.3) is 0 Å². The lowest BCUT2D eigenvalue weighted by molar-refractivity contribution is 0.111. The summed E-state index contributed by atoms with van der Waals surface area (Å²) in [4.78, 5) is 10.7. The third kappa shape index (κ3) is 2.91. The number of benzene rings is 1. The highest BCUT2D eigenvalue weighted by molar-refractivity contribution is 5.72. The normalized spacial score (nSPS) is 10.1. The fraction of sp³-hybridized carbons (Fsp3) is 0.214. The standard InChI is InChI=1S/C14H15NO3/c1-17-13-4-6-14(7-5-13)18-10-9-15-8-2-3-12(15)11-16/h2-8,11H,9-10H2,1H3. The first-order valence-electron chi connectivity index (χ1n) is 5.70. The zero-order valence-electron chi connectivity index (χ0n) is 10.2. The van der Waals surface area contributed by atoms with E-state index < -0.39 is 0 Å². The molecule has 1 aromatic heterocycles. The van der Waals surface area contributed by atoms with Gasteiger partial charge in [0, 0.05) is 6.20 Å². The van der Waals surface area contributed by atoms with Crippen LogP contribution in [0.25, 0.3) is 0 Å². The molecule has 0 unspecified atom stereocenters. The molecule has 4 nitrogen and oxygen atoms in total. The Morgan fingerprint density at radius 3 is 2.56 bits per heavy atom. The van der Waals surface area contributed by atoms with Crippen LogP contribution in [-0.2, 0) is 6.54 Å². The minimum atomic E-state index is 0.516. The molecule has 0 aliphatic rings. The number of carbonyl (C=O) groups is 1. The van der Waals surface area contributed by atoms with Gasteiger partial charge in [0.05, 0.1) is 19.3 Å². The Morgan fingerprint density at radius 2 is 1.89 bits per heavy atom. The van der Waals surface area contributed by atoms with Gasteiger partial charge in [-0.3, -0.25) is 4.79 Å². The number of nitrogens with zero attached hydrogens (tertiary/aromatic N) is 1. The molecule has 0 fully saturated rings. The van der Waals surface area contributed by atoms with Crippen molar-refractivity contribution in [2.45, 2.75) is 6.54 Å². The van der Waals surface area contributed by atoms with Crippen LogP contribution in [0.5, 0.6) is 11.5 Å². The van der Waals surface area contributed by atoms with Gasteiger partial charge < -0.3 is 14.0 Å². The molecule has 1 aromatic carbocycles. The Kier molecular flexibility index (Phi) is 4.02. The van der Waals surface area contributed by atoms with Crippen LogP contribution in [0.1, 0.15) is 10.5 Å². The molecule has 0 aliphatic heterocycles. The van der Waals surface area contributed by atoms with E-state index in [1.165, 1.54) is 0 Å². The molecule has 0 bridgehead atoms. The predicted molar refractivity (Wildman–Crippen MR) is 68.3 cm³/mol. The van der Waals surface area contributed by atoms with Crippen LogP contribution >= 0.6 is 0 Å². The van der Waals surface area contributed by atoms with E-state index in [9.17, 15) is 4.79 Å². The molecule has 2 rings (SSSR count). The van der Waals surface area contributed by atoms with Gasteiger partial charge in [-0.2, -0.15) is 0 Å². The number of ether oxygens (including phenoxy) is 2. The van der Waals surface area contributed by atoms with Crippen LogP contribution in [0.15, 0.2) is 42.6 Å². The molecule has 94 valence electrons. The molecule has 0 atom stereocenters. The number of aldehydes is 1. The van der Waals surface area contributed by atoms with Crippen LogP contribution in [-0.4, -0.2) is 24.6 Å². The van der Waals surface area contributed by atoms with Crippen molar-refractivity contribution in [1.82, 2.24) is 4.57 Å². The second kappa shape index (κ2) is 5.91. The van der Waals surface area contributed by atoms with E-state index in [1.54, 1.807) is 13.2 Å². The number of carbonyl (C=O) groups excluding carboxylic acids is 1. The van der Waals surface area contributed by atoms with Crippen LogP contribution in [0.3, 0.4) is 0 Å². The van der Waals surface area contributed by atoms with Gasteiger partial charge >= 0.3 is 0 Å². The summed E-state index contributed by atoms with van der Waals surface area (Å²) >= 11 is 0. The van der Waals surface area contributed by atoms with Gasteiger partial charge in [-0.05, 0) is 36.4 Å². The van der Waals surface area contributed by atoms with E-state index in [0.717, 1.165) is 17.8 Å². The monoisotopic (exact) mass is 245 g/mol. The first-order valence-corrected chi connectivity index (χ1v) is 5.70. The Labute approximate surface area is 106 Å². The highest BCUT2D eigenvalue weighted by Crippen LogP contribution is 2.16. The van der Waals surface area contributed by atoms with E-state index in [-0.39, 0.29) is 0 Å². The molecule has 0 amide bonds. The molecule has 0 radical (unpaired) electrons. The van der Waals surface area contributed by atoms with Gasteiger partial charge in [-0.1, -0.05) is 0 Å². The highest BCUT2D eigenvalue weighted by Gasteiger charge is 1.99. The van der Waals surface area contributed by atoms with Crippen LogP contribution < -0.4 is 9.47 Å². The van der Waals surface area contributed by atoms with Crippen LogP contribution in [0.2, 0.25) is 0 Å². The zero-order chi connectivity index (χ0) is 12.8. The van der Waals surface area contributed by atoms with Gasteiger partial charge in [-0.25, -0.2) is 0 Å². The largest absolute Gasteiger partial charge is 0.497 e. The smallest absolute Gasteiger partial charge is 0.166 e. The summed E-state index contributed by atoms with van der Waals surface area (Å²) in [6, 6.07) is 11.0. The molecule has 0 aliphatic carbocycles. The number of rotatable bonds is 6. The molecule has 1 heterocycles. The van der Waals surface area contributed by atoms with E-state index in [1.807, 2.05) is 41.1 Å². The van der Waals surface area contributed by atoms with E-state index in [0.29, 0.717) is 18.8 Å². The number of hydrogen-bond donors (Lipinski definition) is 0. The van der Waals surface area contributed by atoms with Crippen molar-refractivity contribution in [2.75, 3.05) is 13.7 Å². The van der Waals surface area contributed by atoms with Gasteiger partial charge in [0.2, 0.25) is 0 Å². The lowest BCUT2D eigenvalue weighted by Gasteiger charge is -2.08. The predicted octanol–water partition coefficient (Wildman–Crippen LogP) is 2.39. The summed E-state index contributed by atoms with van der Waals surface area (Å²) in [6.07, 6.45) is 2.70. The Morgan fingerprint density at radius 1 is 1.17 bits per heavy atom. The molecule has 18 heavy (non-hydrogen) atoms. The zero-order valence-corrected chi connectivity index (χ0v) is 10.2. The van der Waals surface area contributed by atoms with E-state index >= 15 is 0 Å². The maximum Gasteiger partial charge on any atom is 0.166 e. The quantitative estimate of drug-likeness (QED) is 0.734. The molecule has 0 saturated heterocycles. The maximum atomic E-state index is 10.7. The van der Waals surface area contributed by atoms with E-state index in [4.69, 9.17) is 9.47 Å². The fourth-order valence-corrected chi connectivity index (χ4v) is 1.67. The first kappa shape index (κ1) is 12.2. The lowest BCUT2D eigenvalue weighted by atomic mass is 10.3. The summed E-state index contributed by atoms with van der Waals surface area (Å²) in [7, 11) is 1.63. The molecule has 4 heteroatoms. The van der Waals surface area contributed by atoms with Crippen molar-refractivity contribution in [1.29, 1.82) is 0 Å². The second-order valence-electron chi connectivity index (χ2n) is 3.77. The minimum Gasteiger partial charge on any atom is -0.497 e. The molecule has 0 spiro atoms. The van der Waals surface area contributed by atoms with Gasteiger partial charge in [-0.15, -0.1) is 0 Å². The van der Waals surface area contributed by atoms with Gasteiger partial charge in [0.1, 0.15) is 18.1 Å². The van der Waals surface area contributed by atoms with Crippen molar-refractivity contribution in [3.63, 3.8) is 0 Å². The molecule has 2 aromatic rings. The van der Waals surface area contributed by atoms with Gasteiger partial charge in [0.15, 0.2) is 6.29 Å². The highest BCUT2D eigenvalue weighted by atomic mass is 16.5. The van der Waals surface area contributed by atoms with Crippen molar-refractivity contribution >= 4 is 6.29 Å². The summed E-state index contributed by atoms with van der Waals surface area (Å²) < 4.78 is 12.5. The summed E-state index contributed by atoms with van der Waals surface area (Å²) in [6.45, 7) is 1.16. The third-order valence-electron chi connectivity index (χ3n) is 2.65. The lowest BCUT2D eigenvalue weighted by Crippen LogP contribution is -2.09. The van der Waals surface area contributed by atoms with Crippen molar-refractivity contribution in [3.8, 4) is 11.5 Å². The molecular formula is C14H15NO3. The maximum absolute atomic E-state index is 10.7.